The maximum atomic E-state index is 11.1. The van der Waals surface area contributed by atoms with Crippen molar-refractivity contribution >= 4 is 17.9 Å². The van der Waals surface area contributed by atoms with Crippen LogP contribution in [-0.4, -0.2) is 54.8 Å². The minimum atomic E-state index is -0.225. The van der Waals surface area contributed by atoms with Crippen LogP contribution in [0.3, 0.4) is 0 Å². The lowest BCUT2D eigenvalue weighted by Gasteiger charge is -2.47. The van der Waals surface area contributed by atoms with E-state index in [4.69, 9.17) is 0 Å². The number of carbonyl (C=O) groups is 1. The summed E-state index contributed by atoms with van der Waals surface area (Å²) < 4.78 is 4.65. The van der Waals surface area contributed by atoms with Crippen molar-refractivity contribution in [1.82, 2.24) is 10.2 Å². The molecule has 15 heavy (non-hydrogen) atoms. The Kier molecular flexibility index (Phi) is 4.73. The molecule has 0 aromatic carbocycles. The van der Waals surface area contributed by atoms with Crippen LogP contribution in [0.2, 0.25) is 0 Å². The maximum absolute atomic E-state index is 11.1. The van der Waals surface area contributed by atoms with E-state index in [0.717, 1.165) is 31.1 Å². The summed E-state index contributed by atoms with van der Waals surface area (Å²) in [6.07, 6.45) is -0.225. The molecular weight excluding hydrogens is 212 g/mol. The molecule has 1 N–H and O–H groups in total. The first-order valence-electron chi connectivity index (χ1n) is 5.27. The Hall–Kier alpha value is -0.420. The molecule has 1 fully saturated rings. The van der Waals surface area contributed by atoms with Gasteiger partial charge in [-0.05, 0) is 12.7 Å². The number of methoxy groups -OCH3 is 1. The number of thioether (sulfide) groups is 1. The summed E-state index contributed by atoms with van der Waals surface area (Å²) in [5, 5.41) is 3.47. The van der Waals surface area contributed by atoms with E-state index < -0.39 is 0 Å². The van der Waals surface area contributed by atoms with Gasteiger partial charge in [-0.2, -0.15) is 11.8 Å². The van der Waals surface area contributed by atoms with Crippen LogP contribution in [0.1, 0.15) is 13.8 Å². The molecular formula is C10H20N2O2S. The summed E-state index contributed by atoms with van der Waals surface area (Å²) in [4.78, 5) is 12.8. The zero-order chi connectivity index (χ0) is 11.3. The highest BCUT2D eigenvalue weighted by atomic mass is 32.2. The van der Waals surface area contributed by atoms with Crippen LogP contribution in [0.4, 0.5) is 4.79 Å². The number of rotatable bonds is 5. The highest BCUT2D eigenvalue weighted by Crippen LogP contribution is 2.20. The standard InChI is InChI=1S/C10H20N2O2S/c1-4-15-6-5-11-10(2)7-12(8-10)9(13)14-3/h11H,4-8H2,1-3H3. The van der Waals surface area contributed by atoms with Gasteiger partial charge in [0.1, 0.15) is 0 Å². The Balaban J connectivity index is 2.14. The lowest BCUT2D eigenvalue weighted by atomic mass is 9.93. The fourth-order valence-electron chi connectivity index (χ4n) is 1.74. The lowest BCUT2D eigenvalue weighted by molar-refractivity contribution is 0.0432. The lowest BCUT2D eigenvalue weighted by Crippen LogP contribution is -2.68. The Morgan fingerprint density at radius 3 is 2.80 bits per heavy atom. The summed E-state index contributed by atoms with van der Waals surface area (Å²) in [6, 6.07) is 0. The smallest absolute Gasteiger partial charge is 0.409 e. The highest BCUT2D eigenvalue weighted by Gasteiger charge is 2.41. The first kappa shape index (κ1) is 12.6. The van der Waals surface area contributed by atoms with E-state index in [9.17, 15) is 4.79 Å². The van der Waals surface area contributed by atoms with Crippen LogP contribution < -0.4 is 5.32 Å². The minimum Gasteiger partial charge on any atom is -0.453 e. The van der Waals surface area contributed by atoms with Crippen molar-refractivity contribution in [2.24, 2.45) is 0 Å². The number of nitrogens with one attached hydrogen (secondary N) is 1. The summed E-state index contributed by atoms with van der Waals surface area (Å²) in [5.41, 5.74) is 0.0858. The summed E-state index contributed by atoms with van der Waals surface area (Å²) in [6.45, 7) is 6.80. The molecule has 0 radical (unpaired) electrons. The molecule has 0 aliphatic carbocycles. The van der Waals surface area contributed by atoms with Crippen LogP contribution in [0.25, 0.3) is 0 Å². The first-order chi connectivity index (χ1) is 7.11. The predicted octanol–water partition coefficient (Wildman–Crippen LogP) is 1.17. The van der Waals surface area contributed by atoms with Crippen LogP contribution in [0, 0.1) is 0 Å². The van der Waals surface area contributed by atoms with Gasteiger partial charge in [0.2, 0.25) is 0 Å². The van der Waals surface area contributed by atoms with E-state index in [1.807, 2.05) is 11.8 Å². The number of ether oxygens (including phenoxy) is 1. The molecule has 5 heteroatoms. The second kappa shape index (κ2) is 5.61. The van der Waals surface area contributed by atoms with E-state index in [1.54, 1.807) is 4.90 Å². The molecule has 0 unspecified atom stereocenters. The Morgan fingerprint density at radius 2 is 2.27 bits per heavy atom. The molecule has 4 nitrogen and oxygen atoms in total. The quantitative estimate of drug-likeness (QED) is 0.723. The molecule has 0 atom stereocenters. The maximum Gasteiger partial charge on any atom is 0.409 e. The number of carbonyl (C=O) groups excluding carboxylic acids is 1. The summed E-state index contributed by atoms with van der Waals surface area (Å²) >= 11 is 1.93. The largest absolute Gasteiger partial charge is 0.453 e. The molecule has 0 aromatic rings. The fraction of sp³-hybridized carbons (Fsp3) is 0.900. The Bertz CT molecular complexity index is 217. The number of amides is 1. The molecule has 1 heterocycles. The molecule has 0 bridgehead atoms. The van der Waals surface area contributed by atoms with Gasteiger partial charge < -0.3 is 15.0 Å². The molecule has 1 amide bonds. The third kappa shape index (κ3) is 3.57. The van der Waals surface area contributed by atoms with Gasteiger partial charge in [-0.1, -0.05) is 6.92 Å². The van der Waals surface area contributed by atoms with Crippen LogP contribution >= 0.6 is 11.8 Å². The van der Waals surface area contributed by atoms with Crippen LogP contribution in [0.5, 0.6) is 0 Å². The van der Waals surface area contributed by atoms with Crippen molar-refractivity contribution < 1.29 is 9.53 Å². The summed E-state index contributed by atoms with van der Waals surface area (Å²) in [5.74, 6) is 2.29. The van der Waals surface area contributed by atoms with Crippen molar-refractivity contribution in [2.75, 3.05) is 38.2 Å². The highest BCUT2D eigenvalue weighted by molar-refractivity contribution is 7.99. The third-order valence-corrected chi connectivity index (χ3v) is 3.42. The number of hydrogen-bond donors (Lipinski definition) is 1. The van der Waals surface area contributed by atoms with Gasteiger partial charge in [0.25, 0.3) is 0 Å². The zero-order valence-electron chi connectivity index (χ0n) is 9.71. The van der Waals surface area contributed by atoms with Gasteiger partial charge >= 0.3 is 6.09 Å². The van der Waals surface area contributed by atoms with Crippen molar-refractivity contribution in [3.05, 3.63) is 0 Å². The molecule has 1 aliphatic rings. The van der Waals surface area contributed by atoms with Crippen molar-refractivity contribution in [3.8, 4) is 0 Å². The van der Waals surface area contributed by atoms with E-state index in [2.05, 4.69) is 23.9 Å². The number of hydrogen-bond acceptors (Lipinski definition) is 4. The normalized spacial score (nSPS) is 18.5. The fourth-order valence-corrected chi connectivity index (χ4v) is 2.27. The molecule has 0 aromatic heterocycles. The molecule has 0 saturated carbocycles. The average molecular weight is 232 g/mol. The summed E-state index contributed by atoms with van der Waals surface area (Å²) in [7, 11) is 1.42. The second-order valence-electron chi connectivity index (χ2n) is 4.01. The second-order valence-corrected chi connectivity index (χ2v) is 5.40. The van der Waals surface area contributed by atoms with Gasteiger partial charge in [0, 0.05) is 25.4 Å². The van der Waals surface area contributed by atoms with Gasteiger partial charge in [-0.3, -0.25) is 0 Å². The molecule has 1 saturated heterocycles. The molecule has 88 valence electrons. The van der Waals surface area contributed by atoms with E-state index >= 15 is 0 Å². The topological polar surface area (TPSA) is 41.6 Å². The van der Waals surface area contributed by atoms with Gasteiger partial charge in [-0.25, -0.2) is 4.79 Å². The third-order valence-electron chi connectivity index (χ3n) is 2.51. The first-order valence-corrected chi connectivity index (χ1v) is 6.42. The van der Waals surface area contributed by atoms with E-state index in [-0.39, 0.29) is 11.6 Å². The Labute approximate surface area is 95.7 Å². The monoisotopic (exact) mass is 232 g/mol. The minimum absolute atomic E-state index is 0.0858. The average Bonchev–Trinajstić information content (AvgIpc) is 2.19. The van der Waals surface area contributed by atoms with Crippen molar-refractivity contribution in [1.29, 1.82) is 0 Å². The van der Waals surface area contributed by atoms with Gasteiger partial charge in [0.15, 0.2) is 0 Å². The number of likely N-dealkylation sites (tertiary alicyclic amines) is 1. The Morgan fingerprint density at radius 1 is 1.60 bits per heavy atom. The van der Waals surface area contributed by atoms with Gasteiger partial charge in [-0.15, -0.1) is 0 Å². The molecule has 1 rings (SSSR count). The van der Waals surface area contributed by atoms with Gasteiger partial charge in [0.05, 0.1) is 12.6 Å². The van der Waals surface area contributed by atoms with Crippen LogP contribution in [-0.2, 0) is 4.74 Å². The van der Waals surface area contributed by atoms with E-state index in [0.29, 0.717) is 0 Å². The van der Waals surface area contributed by atoms with E-state index in [1.165, 1.54) is 7.11 Å². The SMILES string of the molecule is CCSCCNC1(C)CN(C(=O)OC)C1. The zero-order valence-corrected chi connectivity index (χ0v) is 10.5. The van der Waals surface area contributed by atoms with Crippen LogP contribution in [0.15, 0.2) is 0 Å². The molecule has 0 spiro atoms. The van der Waals surface area contributed by atoms with Crippen molar-refractivity contribution in [3.63, 3.8) is 0 Å². The number of nitrogens with zero attached hydrogens (tertiary/aromatic N) is 1. The van der Waals surface area contributed by atoms with Crippen molar-refractivity contribution in [2.45, 2.75) is 19.4 Å². The molecule has 1 aliphatic heterocycles. The predicted molar refractivity (Wildman–Crippen MR) is 63.4 cm³/mol.